The SMILES string of the molecule is COc1cc(OC)c(CCS(=O)(=O)Cc2ccc(OC)c(N(CC(=O)O)C(C)(C)C(=O)O)c2)c(OC)c1. The maximum atomic E-state index is 13.1. The van der Waals surface area contributed by atoms with Crippen LogP contribution in [0.1, 0.15) is 25.0 Å². The molecule has 11 nitrogen and oxygen atoms in total. The first-order valence-electron chi connectivity index (χ1n) is 11.2. The second-order valence-corrected chi connectivity index (χ2v) is 10.9. The highest BCUT2D eigenvalue weighted by atomic mass is 32.2. The van der Waals surface area contributed by atoms with Gasteiger partial charge in [-0.3, -0.25) is 4.79 Å². The van der Waals surface area contributed by atoms with Gasteiger partial charge in [0, 0.05) is 17.7 Å². The Bertz CT molecular complexity index is 1220. The van der Waals surface area contributed by atoms with Crippen LogP contribution in [0.25, 0.3) is 0 Å². The average molecular weight is 540 g/mol. The Kier molecular flexibility index (Phi) is 9.62. The normalized spacial score (nSPS) is 11.5. The molecule has 0 heterocycles. The Balaban J connectivity index is 2.39. The first-order valence-corrected chi connectivity index (χ1v) is 13.0. The molecule has 2 rings (SSSR count). The number of hydrogen-bond acceptors (Lipinski definition) is 9. The average Bonchev–Trinajstić information content (AvgIpc) is 2.84. The fourth-order valence-corrected chi connectivity index (χ4v) is 5.13. The van der Waals surface area contributed by atoms with Gasteiger partial charge in [0.1, 0.15) is 35.1 Å². The molecular formula is C25H33NO10S. The van der Waals surface area contributed by atoms with Gasteiger partial charge in [0.25, 0.3) is 0 Å². The van der Waals surface area contributed by atoms with E-state index in [-0.39, 0.29) is 29.4 Å². The number of methoxy groups -OCH3 is 4. The van der Waals surface area contributed by atoms with Crippen molar-refractivity contribution >= 4 is 27.5 Å². The molecule has 2 N–H and O–H groups in total. The summed E-state index contributed by atoms with van der Waals surface area (Å²) in [5.74, 6) is -1.53. The third-order valence-electron chi connectivity index (χ3n) is 5.89. The predicted octanol–water partition coefficient (Wildman–Crippen LogP) is 2.63. The minimum Gasteiger partial charge on any atom is -0.496 e. The number of nitrogens with zero attached hydrogens (tertiary/aromatic N) is 1. The van der Waals surface area contributed by atoms with E-state index in [0.29, 0.717) is 28.4 Å². The van der Waals surface area contributed by atoms with Crippen molar-refractivity contribution in [3.05, 3.63) is 41.5 Å². The van der Waals surface area contributed by atoms with Crippen LogP contribution >= 0.6 is 0 Å². The van der Waals surface area contributed by atoms with E-state index >= 15 is 0 Å². The summed E-state index contributed by atoms with van der Waals surface area (Å²) >= 11 is 0. The number of hydrogen-bond donors (Lipinski definition) is 2. The third-order valence-corrected chi connectivity index (χ3v) is 7.49. The highest BCUT2D eigenvalue weighted by Gasteiger charge is 2.37. The minimum atomic E-state index is -3.67. The maximum absolute atomic E-state index is 13.1. The lowest BCUT2D eigenvalue weighted by Crippen LogP contribution is -2.52. The number of carboxylic acid groups (broad SMARTS) is 2. The molecule has 37 heavy (non-hydrogen) atoms. The number of aliphatic carboxylic acids is 2. The van der Waals surface area contributed by atoms with Gasteiger partial charge in [0.15, 0.2) is 9.84 Å². The number of sulfone groups is 1. The summed E-state index contributed by atoms with van der Waals surface area (Å²) in [7, 11) is 2.12. The van der Waals surface area contributed by atoms with Gasteiger partial charge < -0.3 is 34.1 Å². The summed E-state index contributed by atoms with van der Waals surface area (Å²) in [6.07, 6.45) is 0.110. The lowest BCUT2D eigenvalue weighted by molar-refractivity contribution is -0.142. The van der Waals surface area contributed by atoms with Gasteiger partial charge >= 0.3 is 11.9 Å². The van der Waals surface area contributed by atoms with E-state index in [0.717, 1.165) is 4.90 Å². The molecule has 0 radical (unpaired) electrons. The number of ether oxygens (including phenoxy) is 4. The summed E-state index contributed by atoms with van der Waals surface area (Å²) in [6, 6.07) is 7.76. The second-order valence-electron chi connectivity index (χ2n) is 8.70. The van der Waals surface area contributed by atoms with E-state index < -0.39 is 33.9 Å². The van der Waals surface area contributed by atoms with Gasteiger partial charge in [0.2, 0.25) is 0 Å². The number of benzene rings is 2. The van der Waals surface area contributed by atoms with Gasteiger partial charge in [0.05, 0.1) is 45.6 Å². The Morgan fingerprint density at radius 3 is 1.92 bits per heavy atom. The lowest BCUT2D eigenvalue weighted by Gasteiger charge is -2.36. The highest BCUT2D eigenvalue weighted by molar-refractivity contribution is 7.90. The van der Waals surface area contributed by atoms with E-state index in [9.17, 15) is 28.2 Å². The van der Waals surface area contributed by atoms with E-state index in [2.05, 4.69) is 0 Å². The van der Waals surface area contributed by atoms with Crippen molar-refractivity contribution in [1.29, 1.82) is 0 Å². The molecule has 0 fully saturated rings. The van der Waals surface area contributed by atoms with Crippen molar-refractivity contribution in [1.82, 2.24) is 0 Å². The van der Waals surface area contributed by atoms with Crippen molar-refractivity contribution in [2.24, 2.45) is 0 Å². The maximum Gasteiger partial charge on any atom is 0.328 e. The molecule has 0 aliphatic carbocycles. The Labute approximate surface area is 216 Å². The van der Waals surface area contributed by atoms with Crippen LogP contribution in [0.2, 0.25) is 0 Å². The lowest BCUT2D eigenvalue weighted by atomic mass is 10.0. The van der Waals surface area contributed by atoms with Crippen LogP contribution in [0.5, 0.6) is 23.0 Å². The first kappa shape index (κ1) is 29.6. The minimum absolute atomic E-state index is 0.110. The summed E-state index contributed by atoms with van der Waals surface area (Å²) in [5.41, 5.74) is -0.546. The molecule has 2 aromatic rings. The van der Waals surface area contributed by atoms with E-state index in [4.69, 9.17) is 18.9 Å². The molecule has 12 heteroatoms. The predicted molar refractivity (Wildman–Crippen MR) is 137 cm³/mol. The van der Waals surface area contributed by atoms with Crippen LogP contribution in [-0.4, -0.2) is 76.8 Å². The molecule has 0 saturated heterocycles. The second kappa shape index (κ2) is 12.0. The fourth-order valence-electron chi connectivity index (χ4n) is 3.78. The van der Waals surface area contributed by atoms with Gasteiger partial charge in [-0.15, -0.1) is 0 Å². The Morgan fingerprint density at radius 1 is 0.892 bits per heavy atom. The quantitative estimate of drug-likeness (QED) is 0.365. The van der Waals surface area contributed by atoms with Crippen molar-refractivity contribution in [3.63, 3.8) is 0 Å². The van der Waals surface area contributed by atoms with Crippen LogP contribution in [-0.2, 0) is 31.6 Å². The van der Waals surface area contributed by atoms with Gasteiger partial charge in [-0.05, 0) is 38.0 Å². The summed E-state index contributed by atoms with van der Waals surface area (Å²) in [5, 5.41) is 19.1. The molecule has 0 aliphatic heterocycles. The van der Waals surface area contributed by atoms with Gasteiger partial charge in [-0.25, -0.2) is 13.2 Å². The molecule has 2 aromatic carbocycles. The molecule has 0 amide bonds. The zero-order chi connectivity index (χ0) is 28.0. The molecular weight excluding hydrogens is 506 g/mol. The van der Waals surface area contributed by atoms with Crippen LogP contribution < -0.4 is 23.8 Å². The topological polar surface area (TPSA) is 149 Å². The summed E-state index contributed by atoms with van der Waals surface area (Å²) < 4.78 is 47.5. The van der Waals surface area contributed by atoms with Crippen LogP contribution in [0, 0.1) is 0 Å². The van der Waals surface area contributed by atoms with Crippen molar-refractivity contribution in [3.8, 4) is 23.0 Å². The smallest absolute Gasteiger partial charge is 0.328 e. The summed E-state index contributed by atoms with van der Waals surface area (Å²) in [6.45, 7) is 2.08. The van der Waals surface area contributed by atoms with Crippen molar-refractivity contribution < 1.29 is 47.2 Å². The number of rotatable bonds is 14. The highest BCUT2D eigenvalue weighted by Crippen LogP contribution is 2.36. The molecule has 0 saturated carbocycles. The van der Waals surface area contributed by atoms with Gasteiger partial charge in [-0.2, -0.15) is 0 Å². The zero-order valence-corrected chi connectivity index (χ0v) is 22.5. The van der Waals surface area contributed by atoms with Crippen molar-refractivity contribution in [2.45, 2.75) is 31.6 Å². The number of carboxylic acids is 2. The molecule has 0 unspecified atom stereocenters. The summed E-state index contributed by atoms with van der Waals surface area (Å²) in [4.78, 5) is 24.6. The third kappa shape index (κ3) is 7.19. The molecule has 0 spiro atoms. The first-order chi connectivity index (χ1) is 17.3. The Morgan fingerprint density at radius 2 is 1.46 bits per heavy atom. The molecule has 204 valence electrons. The van der Waals surface area contributed by atoms with E-state index in [1.54, 1.807) is 18.2 Å². The number of carbonyl (C=O) groups is 2. The largest absolute Gasteiger partial charge is 0.496 e. The number of anilines is 1. The molecule has 0 bridgehead atoms. The van der Waals surface area contributed by atoms with E-state index in [1.165, 1.54) is 54.4 Å². The Hall–Kier alpha value is -3.67. The fraction of sp³-hybridized carbons (Fsp3) is 0.440. The van der Waals surface area contributed by atoms with Crippen LogP contribution in [0.3, 0.4) is 0 Å². The zero-order valence-electron chi connectivity index (χ0n) is 21.7. The molecule has 0 atom stereocenters. The van der Waals surface area contributed by atoms with E-state index in [1.807, 2.05) is 0 Å². The molecule has 0 aromatic heterocycles. The monoisotopic (exact) mass is 539 g/mol. The van der Waals surface area contributed by atoms with Crippen LogP contribution in [0.4, 0.5) is 5.69 Å². The van der Waals surface area contributed by atoms with Gasteiger partial charge in [-0.1, -0.05) is 6.07 Å². The van der Waals surface area contributed by atoms with Crippen LogP contribution in [0.15, 0.2) is 30.3 Å². The standard InChI is InChI=1S/C25H33NO10S/c1-25(2,24(29)30)26(14-23(27)28)19-11-16(7-8-20(19)34-4)15-37(31,32)10-9-18-21(35-5)12-17(33-3)13-22(18)36-6/h7-8,11-13H,9-10,14-15H2,1-6H3,(H,27,28)(H,29,30). The van der Waals surface area contributed by atoms with Crippen molar-refractivity contribution in [2.75, 3.05) is 45.6 Å². The molecule has 0 aliphatic rings.